The highest BCUT2D eigenvalue weighted by atomic mass is 16.5. The first-order valence-corrected chi connectivity index (χ1v) is 35.4. The Kier molecular flexibility index (Phi) is 65.9. The number of ether oxygens (including phenoxy) is 1. The summed E-state index contributed by atoms with van der Waals surface area (Å²) < 4.78 is 5.51. The Labute approximate surface area is 482 Å². The lowest BCUT2D eigenvalue weighted by atomic mass is 10.0. The predicted molar refractivity (Wildman–Crippen MR) is 338 cm³/mol. The molecule has 0 aliphatic carbocycles. The molecule has 0 saturated heterocycles. The molecule has 0 aromatic carbocycles. The Hall–Kier alpha value is -1.40. The van der Waals surface area contributed by atoms with Crippen LogP contribution in [0.2, 0.25) is 0 Å². The van der Waals surface area contributed by atoms with E-state index >= 15 is 0 Å². The van der Waals surface area contributed by atoms with Gasteiger partial charge in [0, 0.05) is 12.8 Å². The molecule has 6 nitrogen and oxygen atoms in total. The zero-order valence-corrected chi connectivity index (χ0v) is 52.5. The summed E-state index contributed by atoms with van der Waals surface area (Å²) in [6.45, 7) is 4.99. The molecule has 0 heterocycles. The van der Waals surface area contributed by atoms with Gasteiger partial charge >= 0.3 is 5.97 Å². The summed E-state index contributed by atoms with van der Waals surface area (Å²) in [6.07, 6.45) is 82.7. The van der Waals surface area contributed by atoms with E-state index in [1.807, 2.05) is 0 Å². The van der Waals surface area contributed by atoms with Crippen LogP contribution in [0.15, 0.2) is 12.2 Å². The second-order valence-corrected chi connectivity index (χ2v) is 24.6. The van der Waals surface area contributed by atoms with Crippen molar-refractivity contribution in [1.29, 1.82) is 0 Å². The monoisotopic (exact) mass is 1090 g/mol. The van der Waals surface area contributed by atoms with Gasteiger partial charge in [0.15, 0.2) is 0 Å². The summed E-state index contributed by atoms with van der Waals surface area (Å²) in [5.41, 5.74) is 0. The summed E-state index contributed by atoms with van der Waals surface area (Å²) in [7, 11) is 0. The van der Waals surface area contributed by atoms with E-state index in [4.69, 9.17) is 4.74 Å². The van der Waals surface area contributed by atoms with Gasteiger partial charge in [-0.15, -0.1) is 0 Å². The van der Waals surface area contributed by atoms with Gasteiger partial charge in [-0.05, 0) is 51.4 Å². The van der Waals surface area contributed by atoms with Crippen molar-refractivity contribution in [3.05, 3.63) is 12.2 Å². The lowest BCUT2D eigenvalue weighted by molar-refractivity contribution is -0.143. The Balaban J connectivity index is 3.32. The number of esters is 1. The molecule has 0 saturated carbocycles. The molecular formula is C71H139NO5. The minimum atomic E-state index is -0.661. The summed E-state index contributed by atoms with van der Waals surface area (Å²) in [5, 5.41) is 23.3. The SMILES string of the molecule is CCCCCCCCCCCCCCCCCCCC(=O)OCCCCCCCCCCCCCC/C=C\CCCCCCCCCCCCCCCCCC(=O)NC(CO)C(O)CCCCCCCCCCCCCC. The highest BCUT2D eigenvalue weighted by Gasteiger charge is 2.20. The molecule has 0 aromatic rings. The van der Waals surface area contributed by atoms with Gasteiger partial charge in [0.1, 0.15) is 0 Å². The molecule has 2 unspecified atom stereocenters. The van der Waals surface area contributed by atoms with Gasteiger partial charge in [0.2, 0.25) is 5.91 Å². The highest BCUT2D eigenvalue weighted by molar-refractivity contribution is 5.76. The van der Waals surface area contributed by atoms with Crippen LogP contribution >= 0.6 is 0 Å². The Morgan fingerprint density at radius 3 is 0.922 bits per heavy atom. The zero-order valence-electron chi connectivity index (χ0n) is 52.5. The third-order valence-electron chi connectivity index (χ3n) is 16.8. The van der Waals surface area contributed by atoms with Crippen molar-refractivity contribution in [3.63, 3.8) is 0 Å². The zero-order chi connectivity index (χ0) is 55.7. The number of carbonyl (C=O) groups excluding carboxylic acids is 2. The van der Waals surface area contributed by atoms with Crippen LogP contribution in [0.1, 0.15) is 406 Å². The van der Waals surface area contributed by atoms with E-state index in [9.17, 15) is 19.8 Å². The number of unbranched alkanes of at least 4 members (excludes halogenated alkanes) is 54. The molecule has 0 bridgehead atoms. The van der Waals surface area contributed by atoms with Crippen LogP contribution in [0.5, 0.6) is 0 Å². The average molecular weight is 1090 g/mol. The van der Waals surface area contributed by atoms with E-state index in [2.05, 4.69) is 31.3 Å². The number of nitrogens with one attached hydrogen (secondary N) is 1. The van der Waals surface area contributed by atoms with E-state index in [1.165, 1.54) is 334 Å². The van der Waals surface area contributed by atoms with E-state index in [-0.39, 0.29) is 18.5 Å². The topological polar surface area (TPSA) is 95.9 Å². The first kappa shape index (κ1) is 75.6. The Morgan fingerprint density at radius 2 is 0.610 bits per heavy atom. The van der Waals surface area contributed by atoms with Gasteiger partial charge < -0.3 is 20.3 Å². The minimum Gasteiger partial charge on any atom is -0.466 e. The number of carbonyl (C=O) groups is 2. The van der Waals surface area contributed by atoms with Crippen LogP contribution in [0.3, 0.4) is 0 Å². The fourth-order valence-electron chi connectivity index (χ4n) is 11.4. The van der Waals surface area contributed by atoms with Crippen molar-refractivity contribution in [1.82, 2.24) is 5.32 Å². The minimum absolute atomic E-state index is 0.0225. The smallest absolute Gasteiger partial charge is 0.305 e. The predicted octanol–water partition coefficient (Wildman–Crippen LogP) is 22.8. The first-order chi connectivity index (χ1) is 38.0. The van der Waals surface area contributed by atoms with E-state index in [0.717, 1.165) is 38.5 Å². The number of amides is 1. The van der Waals surface area contributed by atoms with Gasteiger partial charge in [-0.25, -0.2) is 0 Å². The maximum atomic E-state index is 12.5. The van der Waals surface area contributed by atoms with Gasteiger partial charge in [-0.2, -0.15) is 0 Å². The third kappa shape index (κ3) is 63.6. The molecule has 1 amide bonds. The third-order valence-corrected chi connectivity index (χ3v) is 16.8. The molecule has 0 aromatic heterocycles. The molecule has 0 radical (unpaired) electrons. The van der Waals surface area contributed by atoms with Crippen molar-refractivity contribution in [2.24, 2.45) is 0 Å². The van der Waals surface area contributed by atoms with Gasteiger partial charge in [-0.1, -0.05) is 353 Å². The van der Waals surface area contributed by atoms with E-state index in [1.54, 1.807) is 0 Å². The molecule has 2 atom stereocenters. The van der Waals surface area contributed by atoms with Crippen molar-refractivity contribution >= 4 is 11.9 Å². The largest absolute Gasteiger partial charge is 0.466 e. The van der Waals surface area contributed by atoms with Crippen LogP contribution in [-0.2, 0) is 14.3 Å². The number of hydrogen-bond donors (Lipinski definition) is 3. The molecule has 6 heteroatoms. The lowest BCUT2D eigenvalue weighted by Crippen LogP contribution is -2.45. The molecule has 77 heavy (non-hydrogen) atoms. The van der Waals surface area contributed by atoms with Crippen molar-refractivity contribution < 1.29 is 24.5 Å². The lowest BCUT2D eigenvalue weighted by Gasteiger charge is -2.22. The molecule has 458 valence electrons. The number of allylic oxidation sites excluding steroid dienone is 2. The highest BCUT2D eigenvalue weighted by Crippen LogP contribution is 2.19. The van der Waals surface area contributed by atoms with Crippen LogP contribution in [-0.4, -0.2) is 47.4 Å². The van der Waals surface area contributed by atoms with Gasteiger partial charge in [-0.3, -0.25) is 9.59 Å². The number of aliphatic hydroxyl groups excluding tert-OH is 2. The van der Waals surface area contributed by atoms with Gasteiger partial charge in [0.05, 0.1) is 25.4 Å². The van der Waals surface area contributed by atoms with Crippen molar-refractivity contribution in [2.75, 3.05) is 13.2 Å². The Morgan fingerprint density at radius 1 is 0.351 bits per heavy atom. The van der Waals surface area contributed by atoms with Crippen molar-refractivity contribution in [3.8, 4) is 0 Å². The second-order valence-electron chi connectivity index (χ2n) is 24.6. The summed E-state index contributed by atoms with van der Waals surface area (Å²) >= 11 is 0. The first-order valence-electron chi connectivity index (χ1n) is 35.4. The van der Waals surface area contributed by atoms with E-state index < -0.39 is 12.1 Å². The van der Waals surface area contributed by atoms with Crippen LogP contribution in [0.25, 0.3) is 0 Å². The second kappa shape index (κ2) is 67.1. The van der Waals surface area contributed by atoms with Gasteiger partial charge in [0.25, 0.3) is 0 Å². The molecule has 0 spiro atoms. The van der Waals surface area contributed by atoms with Crippen molar-refractivity contribution in [2.45, 2.75) is 418 Å². The van der Waals surface area contributed by atoms with Crippen LogP contribution < -0.4 is 5.32 Å². The standard InChI is InChI=1S/C71H139NO5/c1-3-5-7-9-11-13-15-17-18-34-38-41-45-49-53-57-61-65-71(76)77-66-62-58-54-50-46-42-39-36-33-31-29-27-25-23-21-19-20-22-24-26-28-30-32-35-37-40-44-48-52-56-60-64-70(75)72-68(67-73)69(74)63-59-55-51-47-43-16-14-12-10-8-6-4-2/h21,23,68-69,73-74H,3-20,22,24-67H2,1-2H3,(H,72,75)/b23-21-. The quantitative estimate of drug-likeness (QED) is 0.0320. The average Bonchev–Trinajstić information content (AvgIpc) is 3.43. The molecule has 0 rings (SSSR count). The van der Waals surface area contributed by atoms with Crippen LogP contribution in [0.4, 0.5) is 0 Å². The summed E-state index contributed by atoms with van der Waals surface area (Å²) in [5.74, 6) is -0.00848. The van der Waals surface area contributed by atoms with Crippen LogP contribution in [0, 0.1) is 0 Å². The fraction of sp³-hybridized carbons (Fsp3) is 0.944. The molecule has 0 aliphatic rings. The Bertz CT molecular complexity index is 1160. The number of rotatable bonds is 67. The summed E-state index contributed by atoms with van der Waals surface area (Å²) in [6, 6.07) is -0.538. The number of aliphatic hydroxyl groups is 2. The maximum absolute atomic E-state index is 12.5. The molecule has 0 aliphatic heterocycles. The molecular weight excluding hydrogens is 947 g/mol. The normalized spacial score (nSPS) is 12.5. The maximum Gasteiger partial charge on any atom is 0.305 e. The molecule has 3 N–H and O–H groups in total. The summed E-state index contributed by atoms with van der Waals surface area (Å²) in [4.78, 5) is 24.6. The van der Waals surface area contributed by atoms with E-state index in [0.29, 0.717) is 25.9 Å². The molecule has 0 fully saturated rings. The fourth-order valence-corrected chi connectivity index (χ4v) is 11.4. The number of hydrogen-bond acceptors (Lipinski definition) is 5.